The molecule has 0 radical (unpaired) electrons. The van der Waals surface area contributed by atoms with Crippen LogP contribution in [0.25, 0.3) is 0 Å². The molecule has 1 aliphatic heterocycles. The van der Waals surface area contributed by atoms with E-state index in [4.69, 9.17) is 11.6 Å². The molecule has 2 nitrogen and oxygen atoms in total. The summed E-state index contributed by atoms with van der Waals surface area (Å²) in [7, 11) is 0. The number of hydrogen-bond acceptors (Lipinski definition) is 1. The second-order valence-electron chi connectivity index (χ2n) is 4.96. The van der Waals surface area contributed by atoms with Gasteiger partial charge in [-0.3, -0.25) is 4.79 Å². The molecule has 1 saturated heterocycles. The highest BCUT2D eigenvalue weighted by atomic mass is 35.5. The zero-order chi connectivity index (χ0) is 13.0. The van der Waals surface area contributed by atoms with Gasteiger partial charge in [-0.1, -0.05) is 37.3 Å². The highest BCUT2D eigenvalue weighted by molar-refractivity contribution is 6.18. The molecule has 1 aromatic carbocycles. The van der Waals surface area contributed by atoms with Crippen molar-refractivity contribution in [2.75, 3.05) is 19.0 Å². The van der Waals surface area contributed by atoms with Crippen molar-refractivity contribution >= 4 is 17.5 Å². The molecular formula is C15H20ClNO. The van der Waals surface area contributed by atoms with Crippen molar-refractivity contribution in [2.24, 2.45) is 5.92 Å². The van der Waals surface area contributed by atoms with Gasteiger partial charge in [0, 0.05) is 19.0 Å². The summed E-state index contributed by atoms with van der Waals surface area (Å²) in [5, 5.41) is 0. The monoisotopic (exact) mass is 265 g/mol. The fourth-order valence-electron chi connectivity index (χ4n) is 2.62. The molecule has 18 heavy (non-hydrogen) atoms. The van der Waals surface area contributed by atoms with Crippen molar-refractivity contribution in [2.45, 2.75) is 25.7 Å². The Morgan fingerprint density at radius 2 is 2.17 bits per heavy atom. The summed E-state index contributed by atoms with van der Waals surface area (Å²) < 4.78 is 0. The number of hydrogen-bond donors (Lipinski definition) is 0. The lowest BCUT2D eigenvalue weighted by molar-refractivity contribution is -0.131. The Hall–Kier alpha value is -1.02. The smallest absolute Gasteiger partial charge is 0.230 e. The molecule has 0 bridgehead atoms. The summed E-state index contributed by atoms with van der Waals surface area (Å²) in [5.41, 5.74) is 1.12. The van der Waals surface area contributed by atoms with Crippen molar-refractivity contribution < 1.29 is 4.79 Å². The number of benzene rings is 1. The highest BCUT2D eigenvalue weighted by Crippen LogP contribution is 2.26. The highest BCUT2D eigenvalue weighted by Gasteiger charge is 2.30. The van der Waals surface area contributed by atoms with Crippen molar-refractivity contribution in [1.29, 1.82) is 0 Å². The Morgan fingerprint density at radius 1 is 1.44 bits per heavy atom. The molecule has 98 valence electrons. The summed E-state index contributed by atoms with van der Waals surface area (Å²) in [4.78, 5) is 14.5. The second kappa shape index (κ2) is 6.24. The number of alkyl halides is 1. The molecule has 0 N–H and O–H groups in total. The van der Waals surface area contributed by atoms with Crippen LogP contribution in [0.3, 0.4) is 0 Å². The third kappa shape index (κ3) is 2.86. The van der Waals surface area contributed by atoms with E-state index in [1.54, 1.807) is 0 Å². The van der Waals surface area contributed by atoms with Gasteiger partial charge in [-0.25, -0.2) is 0 Å². The maximum Gasteiger partial charge on any atom is 0.230 e. The topological polar surface area (TPSA) is 20.3 Å². The van der Waals surface area contributed by atoms with Gasteiger partial charge in [0.05, 0.1) is 5.92 Å². The molecule has 0 aliphatic carbocycles. The normalized spacial score (nSPS) is 21.0. The Labute approximate surface area is 114 Å². The van der Waals surface area contributed by atoms with Gasteiger partial charge in [-0.2, -0.15) is 0 Å². The number of amides is 1. The van der Waals surface area contributed by atoms with Crippen LogP contribution in [0.5, 0.6) is 0 Å². The standard InChI is InChI=1S/C15H20ClNO/c1-2-14(13-6-4-3-5-7-13)15(18)17-9-8-12(10-16)11-17/h3-7,12,14H,2,8-11H2,1H3. The molecule has 2 unspecified atom stereocenters. The van der Waals surface area contributed by atoms with Crippen LogP contribution in [0.1, 0.15) is 31.2 Å². The fraction of sp³-hybridized carbons (Fsp3) is 0.533. The summed E-state index contributed by atoms with van der Waals surface area (Å²) in [6.07, 6.45) is 1.89. The van der Waals surface area contributed by atoms with E-state index in [1.165, 1.54) is 0 Å². The van der Waals surface area contributed by atoms with Crippen molar-refractivity contribution in [3.63, 3.8) is 0 Å². The molecule has 3 heteroatoms. The number of likely N-dealkylation sites (tertiary alicyclic amines) is 1. The maximum absolute atomic E-state index is 12.5. The lowest BCUT2D eigenvalue weighted by Crippen LogP contribution is -2.33. The van der Waals surface area contributed by atoms with E-state index in [9.17, 15) is 4.79 Å². The molecule has 0 saturated carbocycles. The van der Waals surface area contributed by atoms with Crippen molar-refractivity contribution in [1.82, 2.24) is 4.90 Å². The minimum atomic E-state index is 0.000255. The van der Waals surface area contributed by atoms with Gasteiger partial charge < -0.3 is 4.90 Å². The number of halogens is 1. The van der Waals surface area contributed by atoms with Crippen LogP contribution in [-0.2, 0) is 4.79 Å². The van der Waals surface area contributed by atoms with Gasteiger partial charge in [0.2, 0.25) is 5.91 Å². The fourth-order valence-corrected chi connectivity index (χ4v) is 2.87. The van der Waals surface area contributed by atoms with E-state index in [2.05, 4.69) is 6.92 Å². The molecule has 1 aliphatic rings. The molecule has 2 rings (SSSR count). The van der Waals surface area contributed by atoms with Crippen molar-refractivity contribution in [3.8, 4) is 0 Å². The van der Waals surface area contributed by atoms with Crippen LogP contribution in [0.15, 0.2) is 30.3 Å². The Kier molecular flexibility index (Phi) is 4.65. The number of rotatable bonds is 4. The molecule has 1 fully saturated rings. The molecule has 1 heterocycles. The van der Waals surface area contributed by atoms with Gasteiger partial charge >= 0.3 is 0 Å². The van der Waals surface area contributed by atoms with Crippen LogP contribution < -0.4 is 0 Å². The lowest BCUT2D eigenvalue weighted by atomic mass is 9.95. The van der Waals surface area contributed by atoms with Gasteiger partial charge in [-0.15, -0.1) is 11.6 Å². The zero-order valence-electron chi connectivity index (χ0n) is 10.8. The minimum absolute atomic E-state index is 0.000255. The average molecular weight is 266 g/mol. The first-order valence-electron chi connectivity index (χ1n) is 6.66. The summed E-state index contributed by atoms with van der Waals surface area (Å²) >= 11 is 5.87. The largest absolute Gasteiger partial charge is 0.342 e. The summed E-state index contributed by atoms with van der Waals surface area (Å²) in [6.45, 7) is 3.76. The summed E-state index contributed by atoms with van der Waals surface area (Å²) in [5.74, 6) is 1.40. The van der Waals surface area contributed by atoms with Crippen LogP contribution >= 0.6 is 11.6 Å². The van der Waals surface area contributed by atoms with Crippen LogP contribution in [0, 0.1) is 5.92 Å². The molecule has 1 amide bonds. The molecular weight excluding hydrogens is 246 g/mol. The van der Waals surface area contributed by atoms with Crippen LogP contribution in [0.4, 0.5) is 0 Å². The molecule has 2 atom stereocenters. The van der Waals surface area contributed by atoms with Crippen LogP contribution in [-0.4, -0.2) is 29.8 Å². The van der Waals surface area contributed by atoms with E-state index >= 15 is 0 Å². The molecule has 1 aromatic rings. The van der Waals surface area contributed by atoms with Gasteiger partial charge in [-0.05, 0) is 24.3 Å². The third-order valence-corrected chi connectivity index (χ3v) is 4.16. The van der Waals surface area contributed by atoms with E-state index < -0.39 is 0 Å². The van der Waals surface area contributed by atoms with Gasteiger partial charge in [0.25, 0.3) is 0 Å². The summed E-state index contributed by atoms with van der Waals surface area (Å²) in [6, 6.07) is 10.1. The van der Waals surface area contributed by atoms with Gasteiger partial charge in [0.1, 0.15) is 0 Å². The van der Waals surface area contributed by atoms with Crippen LogP contribution in [0.2, 0.25) is 0 Å². The quantitative estimate of drug-likeness (QED) is 0.765. The Balaban J connectivity index is 2.07. The zero-order valence-corrected chi connectivity index (χ0v) is 11.6. The van der Waals surface area contributed by atoms with E-state index in [0.717, 1.165) is 31.5 Å². The molecule has 0 aromatic heterocycles. The lowest BCUT2D eigenvalue weighted by Gasteiger charge is -2.23. The predicted octanol–water partition coefficient (Wildman–Crippen LogP) is 3.27. The van der Waals surface area contributed by atoms with E-state index in [-0.39, 0.29) is 11.8 Å². The number of carbonyl (C=O) groups is 1. The first-order chi connectivity index (χ1) is 8.76. The second-order valence-corrected chi connectivity index (χ2v) is 5.27. The molecule has 0 spiro atoms. The van der Waals surface area contributed by atoms with E-state index in [1.807, 2.05) is 35.2 Å². The number of nitrogens with zero attached hydrogens (tertiary/aromatic N) is 1. The number of carbonyl (C=O) groups excluding carboxylic acids is 1. The first-order valence-corrected chi connectivity index (χ1v) is 7.19. The maximum atomic E-state index is 12.5. The Morgan fingerprint density at radius 3 is 2.72 bits per heavy atom. The van der Waals surface area contributed by atoms with E-state index in [0.29, 0.717) is 11.8 Å². The van der Waals surface area contributed by atoms with Gasteiger partial charge in [0.15, 0.2) is 0 Å². The SMILES string of the molecule is CCC(C(=O)N1CCC(CCl)C1)c1ccccc1. The average Bonchev–Trinajstić information content (AvgIpc) is 2.89. The Bertz CT molecular complexity index is 393. The minimum Gasteiger partial charge on any atom is -0.342 e. The predicted molar refractivity (Wildman–Crippen MR) is 74.9 cm³/mol. The first kappa shape index (κ1) is 13.4. The van der Waals surface area contributed by atoms with Crippen molar-refractivity contribution in [3.05, 3.63) is 35.9 Å². The third-order valence-electron chi connectivity index (χ3n) is 3.72.